The normalized spacial score (nSPS) is 16.7. The Morgan fingerprint density at radius 3 is 2.28 bits per heavy atom. The van der Waals surface area contributed by atoms with Crippen LogP contribution in [0.1, 0.15) is 43.1 Å². The van der Waals surface area contributed by atoms with Gasteiger partial charge in [0.05, 0.1) is 0 Å². The minimum absolute atomic E-state index is 0.0753. The van der Waals surface area contributed by atoms with E-state index in [9.17, 15) is 14.4 Å². The van der Waals surface area contributed by atoms with Gasteiger partial charge >= 0.3 is 11.9 Å². The first-order valence-corrected chi connectivity index (χ1v) is 10.7. The molecule has 1 aliphatic carbocycles. The molecule has 8 heteroatoms. The average Bonchev–Trinajstić information content (AvgIpc) is 2.71. The fraction of sp³-hybridized carbons (Fsp3) is 0.375. The molecule has 1 atom stereocenters. The lowest BCUT2D eigenvalue weighted by molar-refractivity contribution is -0.134. The maximum Gasteiger partial charge on any atom is 0.328 e. The second-order valence-electron chi connectivity index (χ2n) is 8.57. The summed E-state index contributed by atoms with van der Waals surface area (Å²) < 4.78 is 1.81. The summed E-state index contributed by atoms with van der Waals surface area (Å²) in [4.78, 5) is 31.1. The van der Waals surface area contributed by atoms with Crippen LogP contribution in [0.5, 0.6) is 0 Å². The first-order chi connectivity index (χ1) is 15.0. The van der Waals surface area contributed by atoms with Gasteiger partial charge in [0.15, 0.2) is 0 Å². The first kappa shape index (κ1) is 25.4. The van der Waals surface area contributed by atoms with Gasteiger partial charge in [-0.15, -0.1) is 0 Å². The average molecular weight is 461 g/mol. The largest absolute Gasteiger partial charge is 0.478 e. The number of rotatable bonds is 6. The van der Waals surface area contributed by atoms with Crippen LogP contribution in [0.25, 0.3) is 0 Å². The fourth-order valence-corrected chi connectivity index (χ4v) is 3.91. The van der Waals surface area contributed by atoms with Crippen molar-refractivity contribution in [1.29, 1.82) is 0 Å². The number of nitrogens with zero attached hydrogens (tertiary/aromatic N) is 1. The molecule has 3 rings (SSSR count). The van der Waals surface area contributed by atoms with E-state index >= 15 is 0 Å². The minimum atomic E-state index is -1.26. The standard InChI is InChI=1S/C20H25ClN2O.C4H4O4/c1-20(2)12-17(16-8-9-19(24)23(3)18(16)13-20)22-11-10-14-4-6-15(21)7-5-14;5-3(6)1-2-4(7)8/h4-9,17,22H,10-13H2,1-3H3;1-2H,(H,5,6)(H,7,8)/b;2-1+. The highest BCUT2D eigenvalue weighted by molar-refractivity contribution is 6.30. The van der Waals surface area contributed by atoms with Crippen molar-refractivity contribution >= 4 is 23.5 Å². The van der Waals surface area contributed by atoms with E-state index in [4.69, 9.17) is 21.8 Å². The molecule has 0 spiro atoms. The van der Waals surface area contributed by atoms with E-state index in [1.54, 1.807) is 6.07 Å². The molecule has 1 aromatic heterocycles. The highest BCUT2D eigenvalue weighted by atomic mass is 35.5. The Balaban J connectivity index is 0.000000390. The fourth-order valence-electron chi connectivity index (χ4n) is 3.79. The molecule has 7 nitrogen and oxygen atoms in total. The summed E-state index contributed by atoms with van der Waals surface area (Å²) in [7, 11) is 1.88. The molecule has 1 aromatic carbocycles. The van der Waals surface area contributed by atoms with Crippen LogP contribution in [0.2, 0.25) is 5.02 Å². The summed E-state index contributed by atoms with van der Waals surface area (Å²) in [5.41, 5.74) is 3.99. The van der Waals surface area contributed by atoms with Gasteiger partial charge in [0.1, 0.15) is 0 Å². The second-order valence-corrected chi connectivity index (χ2v) is 9.01. The molecule has 0 bridgehead atoms. The van der Waals surface area contributed by atoms with Crippen LogP contribution in [0.4, 0.5) is 0 Å². The Morgan fingerprint density at radius 2 is 1.72 bits per heavy atom. The molecule has 172 valence electrons. The van der Waals surface area contributed by atoms with E-state index in [0.717, 1.165) is 30.8 Å². The number of carboxylic acids is 2. The highest BCUT2D eigenvalue weighted by Gasteiger charge is 2.33. The number of hydrogen-bond acceptors (Lipinski definition) is 4. The summed E-state index contributed by atoms with van der Waals surface area (Å²) in [6, 6.07) is 12.0. The van der Waals surface area contributed by atoms with Crippen LogP contribution < -0.4 is 10.9 Å². The maximum absolute atomic E-state index is 12.0. The van der Waals surface area contributed by atoms with Gasteiger partial charge in [-0.3, -0.25) is 4.79 Å². The van der Waals surface area contributed by atoms with Crippen molar-refractivity contribution in [2.75, 3.05) is 6.54 Å². The van der Waals surface area contributed by atoms with Crippen molar-refractivity contribution in [2.45, 2.75) is 39.2 Å². The van der Waals surface area contributed by atoms with E-state index in [-0.39, 0.29) is 11.0 Å². The van der Waals surface area contributed by atoms with Crippen molar-refractivity contribution in [1.82, 2.24) is 9.88 Å². The number of aliphatic carboxylic acids is 2. The number of carboxylic acid groups (broad SMARTS) is 2. The highest BCUT2D eigenvalue weighted by Crippen LogP contribution is 2.39. The van der Waals surface area contributed by atoms with Crippen molar-refractivity contribution in [3.8, 4) is 0 Å². The van der Waals surface area contributed by atoms with Crippen molar-refractivity contribution in [3.05, 3.63) is 80.7 Å². The molecule has 3 N–H and O–H groups in total. The van der Waals surface area contributed by atoms with Gasteiger partial charge in [-0.2, -0.15) is 0 Å². The Hall–Kier alpha value is -2.90. The van der Waals surface area contributed by atoms with Gasteiger partial charge in [-0.1, -0.05) is 43.6 Å². The Morgan fingerprint density at radius 1 is 1.12 bits per heavy atom. The molecular formula is C24H29ClN2O5. The predicted octanol–water partition coefficient (Wildman–Crippen LogP) is 3.60. The van der Waals surface area contributed by atoms with Crippen LogP contribution in [-0.2, 0) is 29.5 Å². The summed E-state index contributed by atoms with van der Waals surface area (Å²) in [5.74, 6) is -2.51. The zero-order chi connectivity index (χ0) is 23.9. The number of aromatic nitrogens is 1. The van der Waals surface area contributed by atoms with Crippen LogP contribution in [0.15, 0.2) is 53.3 Å². The van der Waals surface area contributed by atoms with Gasteiger partial charge in [0.25, 0.3) is 0 Å². The molecule has 0 radical (unpaired) electrons. The lowest BCUT2D eigenvalue weighted by Crippen LogP contribution is -2.37. The number of halogens is 1. The summed E-state index contributed by atoms with van der Waals surface area (Å²) >= 11 is 5.94. The molecular weight excluding hydrogens is 432 g/mol. The summed E-state index contributed by atoms with van der Waals surface area (Å²) in [6.07, 6.45) is 4.11. The quantitative estimate of drug-likeness (QED) is 0.568. The van der Waals surface area contributed by atoms with Crippen molar-refractivity contribution in [3.63, 3.8) is 0 Å². The zero-order valence-corrected chi connectivity index (χ0v) is 19.2. The maximum atomic E-state index is 12.0. The van der Waals surface area contributed by atoms with Crippen LogP contribution >= 0.6 is 11.6 Å². The lowest BCUT2D eigenvalue weighted by Gasteiger charge is -2.38. The number of carbonyl (C=O) groups is 2. The molecule has 0 saturated heterocycles. The Bertz CT molecular complexity index is 1030. The van der Waals surface area contributed by atoms with E-state index in [2.05, 4.69) is 31.3 Å². The van der Waals surface area contributed by atoms with Crippen LogP contribution in [-0.4, -0.2) is 33.3 Å². The second kappa shape index (κ2) is 11.1. The van der Waals surface area contributed by atoms with Crippen molar-refractivity contribution in [2.24, 2.45) is 12.5 Å². The molecule has 2 aromatic rings. The molecule has 0 fully saturated rings. The lowest BCUT2D eigenvalue weighted by atomic mass is 9.73. The third-order valence-electron chi connectivity index (χ3n) is 5.34. The third-order valence-corrected chi connectivity index (χ3v) is 5.59. The number of nitrogens with one attached hydrogen (secondary N) is 1. The molecule has 1 heterocycles. The number of fused-ring (bicyclic) bond motifs is 1. The number of pyridine rings is 1. The number of benzene rings is 1. The third kappa shape index (κ3) is 7.66. The molecule has 32 heavy (non-hydrogen) atoms. The SMILES string of the molecule is Cn1c2c(ccc1=O)C(NCCc1ccc(Cl)cc1)CC(C)(C)C2.O=C(O)/C=C/C(=O)O. The van der Waals surface area contributed by atoms with E-state index in [1.807, 2.05) is 29.8 Å². The smallest absolute Gasteiger partial charge is 0.328 e. The number of hydrogen-bond donors (Lipinski definition) is 3. The zero-order valence-electron chi connectivity index (χ0n) is 18.5. The monoisotopic (exact) mass is 460 g/mol. The van der Waals surface area contributed by atoms with Gasteiger partial charge in [0.2, 0.25) is 5.56 Å². The van der Waals surface area contributed by atoms with Crippen LogP contribution in [0, 0.1) is 5.41 Å². The molecule has 0 amide bonds. The van der Waals surface area contributed by atoms with Gasteiger partial charge in [0, 0.05) is 42.0 Å². The van der Waals surface area contributed by atoms with Crippen molar-refractivity contribution < 1.29 is 19.8 Å². The topological polar surface area (TPSA) is 109 Å². The molecule has 0 saturated carbocycles. The van der Waals surface area contributed by atoms with E-state index in [1.165, 1.54) is 16.8 Å². The van der Waals surface area contributed by atoms with E-state index in [0.29, 0.717) is 18.2 Å². The van der Waals surface area contributed by atoms with Gasteiger partial charge < -0.3 is 20.1 Å². The Kier molecular flexibility index (Phi) is 8.80. The molecule has 1 unspecified atom stereocenters. The van der Waals surface area contributed by atoms with Gasteiger partial charge in [-0.25, -0.2) is 9.59 Å². The Labute approximate surface area is 192 Å². The summed E-state index contributed by atoms with van der Waals surface area (Å²) in [6.45, 7) is 5.47. The van der Waals surface area contributed by atoms with Crippen LogP contribution in [0.3, 0.4) is 0 Å². The van der Waals surface area contributed by atoms with Gasteiger partial charge in [-0.05, 0) is 54.5 Å². The molecule has 0 aliphatic heterocycles. The van der Waals surface area contributed by atoms with E-state index < -0.39 is 11.9 Å². The molecule has 1 aliphatic rings. The predicted molar refractivity (Wildman–Crippen MR) is 124 cm³/mol. The minimum Gasteiger partial charge on any atom is -0.478 e. The summed E-state index contributed by atoms with van der Waals surface area (Å²) in [5, 5.41) is 20.1. The first-order valence-electron chi connectivity index (χ1n) is 10.3.